The van der Waals surface area contributed by atoms with E-state index in [0.717, 1.165) is 23.2 Å². The van der Waals surface area contributed by atoms with Crippen molar-refractivity contribution in [3.8, 4) is 0 Å². The molecule has 0 bridgehead atoms. The Hall–Kier alpha value is -2.20. The van der Waals surface area contributed by atoms with Gasteiger partial charge in [-0.1, -0.05) is 35.9 Å². The summed E-state index contributed by atoms with van der Waals surface area (Å²) in [5.74, 6) is 0. The van der Waals surface area contributed by atoms with Crippen LogP contribution in [0.5, 0.6) is 0 Å². The minimum atomic E-state index is -0.142. The molecular formula is C16H16ClN3O. The maximum atomic E-state index is 12.3. The smallest absolute Gasteiger partial charge is 0.322 e. The molecule has 0 aromatic heterocycles. The van der Waals surface area contributed by atoms with Crippen LogP contribution >= 0.6 is 11.6 Å². The highest BCUT2D eigenvalue weighted by Crippen LogP contribution is 2.25. The zero-order valence-corrected chi connectivity index (χ0v) is 12.2. The lowest BCUT2D eigenvalue weighted by molar-refractivity contribution is 0.206. The van der Waals surface area contributed by atoms with Crippen LogP contribution in [0.3, 0.4) is 0 Å². The lowest BCUT2D eigenvalue weighted by Crippen LogP contribution is -2.39. The van der Waals surface area contributed by atoms with Crippen LogP contribution in [0, 0.1) is 0 Å². The molecule has 3 N–H and O–H groups in total. The predicted octanol–water partition coefficient (Wildman–Crippen LogP) is 3.51. The Morgan fingerprint density at radius 2 is 2.00 bits per heavy atom. The van der Waals surface area contributed by atoms with Crippen molar-refractivity contribution >= 4 is 29.0 Å². The molecule has 0 atom stereocenters. The van der Waals surface area contributed by atoms with E-state index in [4.69, 9.17) is 17.3 Å². The Bertz CT molecular complexity index is 687. The van der Waals surface area contributed by atoms with Crippen molar-refractivity contribution in [1.82, 2.24) is 4.90 Å². The first-order chi connectivity index (χ1) is 10.1. The van der Waals surface area contributed by atoms with Crippen LogP contribution in [-0.2, 0) is 13.0 Å². The molecule has 0 saturated heterocycles. The van der Waals surface area contributed by atoms with Gasteiger partial charge in [-0.25, -0.2) is 4.79 Å². The number of hydrogen-bond acceptors (Lipinski definition) is 2. The van der Waals surface area contributed by atoms with E-state index in [-0.39, 0.29) is 6.03 Å². The summed E-state index contributed by atoms with van der Waals surface area (Å²) in [5.41, 5.74) is 9.66. The predicted molar refractivity (Wildman–Crippen MR) is 85.4 cm³/mol. The second-order valence-corrected chi connectivity index (χ2v) is 5.47. The van der Waals surface area contributed by atoms with Crippen molar-refractivity contribution in [2.75, 3.05) is 17.6 Å². The van der Waals surface area contributed by atoms with E-state index in [0.29, 0.717) is 23.8 Å². The van der Waals surface area contributed by atoms with Crippen LogP contribution in [0.15, 0.2) is 42.5 Å². The molecule has 2 aromatic rings. The number of benzene rings is 2. The number of carbonyl (C=O) groups excluding carboxylic acids is 1. The van der Waals surface area contributed by atoms with Gasteiger partial charge in [0, 0.05) is 18.8 Å². The van der Waals surface area contributed by atoms with Gasteiger partial charge in [0.15, 0.2) is 0 Å². The van der Waals surface area contributed by atoms with Gasteiger partial charge in [-0.05, 0) is 35.7 Å². The number of hydrogen-bond donors (Lipinski definition) is 2. The number of rotatable bonds is 1. The molecule has 0 radical (unpaired) electrons. The van der Waals surface area contributed by atoms with E-state index in [9.17, 15) is 4.79 Å². The van der Waals surface area contributed by atoms with Gasteiger partial charge in [0.25, 0.3) is 0 Å². The molecule has 4 nitrogen and oxygen atoms in total. The molecule has 2 aromatic carbocycles. The quantitative estimate of drug-likeness (QED) is 0.792. The van der Waals surface area contributed by atoms with E-state index in [2.05, 4.69) is 5.32 Å². The van der Waals surface area contributed by atoms with Crippen molar-refractivity contribution in [2.45, 2.75) is 13.0 Å². The number of para-hydroxylation sites is 1. The summed E-state index contributed by atoms with van der Waals surface area (Å²) < 4.78 is 0. The van der Waals surface area contributed by atoms with Crippen LogP contribution in [0.1, 0.15) is 11.1 Å². The monoisotopic (exact) mass is 301 g/mol. The normalized spacial score (nSPS) is 13.7. The summed E-state index contributed by atoms with van der Waals surface area (Å²) in [6, 6.07) is 12.9. The molecule has 1 aliphatic rings. The molecule has 2 amide bonds. The van der Waals surface area contributed by atoms with Crippen molar-refractivity contribution in [3.63, 3.8) is 0 Å². The van der Waals surface area contributed by atoms with Gasteiger partial charge in [0.2, 0.25) is 0 Å². The third-order valence-electron chi connectivity index (χ3n) is 3.70. The van der Waals surface area contributed by atoms with Crippen molar-refractivity contribution < 1.29 is 4.79 Å². The number of anilines is 2. The third-order valence-corrected chi connectivity index (χ3v) is 4.03. The molecule has 5 heteroatoms. The fraction of sp³-hybridized carbons (Fsp3) is 0.188. The number of nitrogens with two attached hydrogens (primary N) is 1. The van der Waals surface area contributed by atoms with E-state index >= 15 is 0 Å². The molecule has 0 saturated carbocycles. The number of carbonyl (C=O) groups is 1. The molecule has 1 heterocycles. The second-order valence-electron chi connectivity index (χ2n) is 5.07. The van der Waals surface area contributed by atoms with Crippen LogP contribution < -0.4 is 11.1 Å². The zero-order valence-electron chi connectivity index (χ0n) is 11.5. The van der Waals surface area contributed by atoms with Gasteiger partial charge in [-0.2, -0.15) is 0 Å². The molecule has 0 fully saturated rings. The summed E-state index contributed by atoms with van der Waals surface area (Å²) in [6.45, 7) is 1.22. The topological polar surface area (TPSA) is 58.4 Å². The molecule has 0 unspecified atom stereocenters. The SMILES string of the molecule is Nc1cccc2c1CCN(C(=O)Nc1ccccc1Cl)C2. The van der Waals surface area contributed by atoms with Gasteiger partial charge in [-0.15, -0.1) is 0 Å². The molecule has 108 valence electrons. The molecule has 0 aliphatic carbocycles. The van der Waals surface area contributed by atoms with Gasteiger partial charge < -0.3 is 16.0 Å². The van der Waals surface area contributed by atoms with E-state index < -0.39 is 0 Å². The summed E-state index contributed by atoms with van der Waals surface area (Å²) in [7, 11) is 0. The Morgan fingerprint density at radius 3 is 2.81 bits per heavy atom. The van der Waals surface area contributed by atoms with Crippen LogP contribution in [0.4, 0.5) is 16.2 Å². The maximum Gasteiger partial charge on any atom is 0.322 e. The highest BCUT2D eigenvalue weighted by molar-refractivity contribution is 6.33. The van der Waals surface area contributed by atoms with Gasteiger partial charge in [0.1, 0.15) is 0 Å². The first-order valence-corrected chi connectivity index (χ1v) is 7.19. The fourth-order valence-electron chi connectivity index (χ4n) is 2.57. The Labute approximate surface area is 128 Å². The van der Waals surface area contributed by atoms with Gasteiger partial charge in [-0.3, -0.25) is 0 Å². The minimum Gasteiger partial charge on any atom is -0.398 e. The van der Waals surface area contributed by atoms with Crippen LogP contribution in [0.2, 0.25) is 5.02 Å². The van der Waals surface area contributed by atoms with E-state index in [1.165, 1.54) is 0 Å². The number of urea groups is 1. The summed E-state index contributed by atoms with van der Waals surface area (Å²) in [4.78, 5) is 14.1. The average Bonchev–Trinajstić information content (AvgIpc) is 2.49. The lowest BCUT2D eigenvalue weighted by atomic mass is 9.98. The number of amides is 2. The second kappa shape index (κ2) is 5.66. The highest BCUT2D eigenvalue weighted by Gasteiger charge is 2.22. The Kier molecular flexibility index (Phi) is 3.71. The third kappa shape index (κ3) is 2.81. The van der Waals surface area contributed by atoms with Crippen molar-refractivity contribution in [2.24, 2.45) is 0 Å². The first-order valence-electron chi connectivity index (χ1n) is 6.82. The minimum absolute atomic E-state index is 0.142. The summed E-state index contributed by atoms with van der Waals surface area (Å²) in [6.07, 6.45) is 0.776. The Morgan fingerprint density at radius 1 is 1.19 bits per heavy atom. The zero-order chi connectivity index (χ0) is 14.8. The molecule has 0 spiro atoms. The summed E-state index contributed by atoms with van der Waals surface area (Å²) >= 11 is 6.06. The average molecular weight is 302 g/mol. The molecule has 3 rings (SSSR count). The number of nitrogens with one attached hydrogen (secondary N) is 1. The van der Waals surface area contributed by atoms with Crippen molar-refractivity contribution in [3.05, 3.63) is 58.6 Å². The molecular weight excluding hydrogens is 286 g/mol. The molecule has 21 heavy (non-hydrogen) atoms. The van der Waals surface area contributed by atoms with Gasteiger partial charge >= 0.3 is 6.03 Å². The van der Waals surface area contributed by atoms with Crippen LogP contribution in [-0.4, -0.2) is 17.5 Å². The van der Waals surface area contributed by atoms with Crippen molar-refractivity contribution in [1.29, 1.82) is 0 Å². The number of halogens is 1. The maximum absolute atomic E-state index is 12.3. The number of nitrogens with zero attached hydrogens (tertiary/aromatic N) is 1. The highest BCUT2D eigenvalue weighted by atomic mass is 35.5. The summed E-state index contributed by atoms with van der Waals surface area (Å²) in [5, 5.41) is 3.38. The van der Waals surface area contributed by atoms with E-state index in [1.807, 2.05) is 30.3 Å². The van der Waals surface area contributed by atoms with E-state index in [1.54, 1.807) is 17.0 Å². The lowest BCUT2D eigenvalue weighted by Gasteiger charge is -2.29. The van der Waals surface area contributed by atoms with Crippen LogP contribution in [0.25, 0.3) is 0 Å². The fourth-order valence-corrected chi connectivity index (χ4v) is 2.75. The molecule has 1 aliphatic heterocycles. The standard InChI is InChI=1S/C16H16ClN3O/c17-13-5-1-2-7-15(13)19-16(21)20-9-8-12-11(10-20)4-3-6-14(12)18/h1-7H,8-10,18H2,(H,19,21). The number of nitrogen functional groups attached to an aromatic ring is 1. The van der Waals surface area contributed by atoms with Gasteiger partial charge in [0.05, 0.1) is 10.7 Å². The Balaban J connectivity index is 1.74. The first kappa shape index (κ1) is 13.8. The largest absolute Gasteiger partial charge is 0.398 e. The number of fused-ring (bicyclic) bond motifs is 1.